The fourth-order valence-corrected chi connectivity index (χ4v) is 4.26. The highest BCUT2D eigenvalue weighted by Gasteiger charge is 2.32. The molecular formula is C23H37N3O4. The summed E-state index contributed by atoms with van der Waals surface area (Å²) in [6.45, 7) is 11.4. The number of nitrogens with zero attached hydrogens (tertiary/aromatic N) is 2. The van der Waals surface area contributed by atoms with Crippen molar-refractivity contribution >= 4 is 17.8 Å². The highest BCUT2D eigenvalue weighted by molar-refractivity contribution is 6.04. The second-order valence-corrected chi connectivity index (χ2v) is 9.24. The van der Waals surface area contributed by atoms with Crippen molar-refractivity contribution < 1.29 is 19.1 Å². The summed E-state index contributed by atoms with van der Waals surface area (Å²) in [5.41, 5.74) is 1.83. The van der Waals surface area contributed by atoms with Crippen molar-refractivity contribution in [1.82, 2.24) is 14.8 Å². The van der Waals surface area contributed by atoms with Gasteiger partial charge in [0.2, 0.25) is 0 Å². The Hall–Kier alpha value is -2.31. The van der Waals surface area contributed by atoms with Gasteiger partial charge in [-0.15, -0.1) is 0 Å². The molecule has 1 aromatic heterocycles. The Labute approximate surface area is 180 Å². The van der Waals surface area contributed by atoms with E-state index < -0.39 is 5.97 Å². The van der Waals surface area contributed by atoms with Crippen molar-refractivity contribution in [3.63, 3.8) is 0 Å². The first-order valence-electron chi connectivity index (χ1n) is 10.9. The molecule has 7 heteroatoms. The summed E-state index contributed by atoms with van der Waals surface area (Å²) in [6.07, 6.45) is 5.11. The molecule has 1 aromatic rings. The van der Waals surface area contributed by atoms with Crippen LogP contribution >= 0.6 is 0 Å². The molecule has 0 unspecified atom stereocenters. The fraction of sp³-hybridized carbons (Fsp3) is 0.696. The van der Waals surface area contributed by atoms with Crippen molar-refractivity contribution in [1.29, 1.82) is 0 Å². The molecule has 0 aromatic carbocycles. The van der Waals surface area contributed by atoms with E-state index in [0.717, 1.165) is 25.7 Å². The topological polar surface area (TPSA) is 80.6 Å². The second-order valence-electron chi connectivity index (χ2n) is 9.24. The maximum Gasteiger partial charge on any atom is 0.355 e. The molecule has 1 saturated carbocycles. The third-order valence-corrected chi connectivity index (χ3v) is 5.75. The Kier molecular flexibility index (Phi) is 7.72. The first-order valence-corrected chi connectivity index (χ1v) is 10.9. The van der Waals surface area contributed by atoms with Crippen LogP contribution in [0.4, 0.5) is 4.79 Å². The Morgan fingerprint density at radius 2 is 1.73 bits per heavy atom. The molecule has 2 amide bonds. The number of hydrogen-bond acceptors (Lipinski definition) is 4. The Bertz CT molecular complexity index is 798. The normalized spacial score (nSPS) is 15.0. The van der Waals surface area contributed by atoms with E-state index in [-0.39, 0.29) is 36.5 Å². The summed E-state index contributed by atoms with van der Waals surface area (Å²) in [7, 11) is 1.76. The minimum Gasteiger partial charge on any atom is -0.461 e. The zero-order valence-corrected chi connectivity index (χ0v) is 19.6. The van der Waals surface area contributed by atoms with E-state index in [0.29, 0.717) is 22.5 Å². The molecule has 0 bridgehead atoms. The van der Waals surface area contributed by atoms with Gasteiger partial charge in [-0.2, -0.15) is 0 Å². The lowest BCUT2D eigenvalue weighted by Gasteiger charge is -2.36. The zero-order valence-electron chi connectivity index (χ0n) is 19.6. The number of hydrogen-bond donors (Lipinski definition) is 1. The van der Waals surface area contributed by atoms with E-state index in [1.54, 1.807) is 30.4 Å². The summed E-state index contributed by atoms with van der Waals surface area (Å²) in [4.78, 5) is 40.5. The van der Waals surface area contributed by atoms with Crippen LogP contribution < -0.4 is 5.32 Å². The number of esters is 1. The molecule has 0 spiro atoms. The van der Waals surface area contributed by atoms with Gasteiger partial charge in [-0.3, -0.25) is 4.79 Å². The first-order chi connectivity index (χ1) is 14.0. The predicted molar refractivity (Wildman–Crippen MR) is 117 cm³/mol. The summed E-state index contributed by atoms with van der Waals surface area (Å²) in [6, 6.07) is -0.154. The van der Waals surface area contributed by atoms with Gasteiger partial charge in [0.05, 0.1) is 13.2 Å². The van der Waals surface area contributed by atoms with Crippen LogP contribution in [0.1, 0.15) is 91.9 Å². The van der Waals surface area contributed by atoms with Crippen LogP contribution in [0.25, 0.3) is 0 Å². The number of nitrogens with one attached hydrogen (secondary N) is 1. The van der Waals surface area contributed by atoms with E-state index >= 15 is 0 Å². The van der Waals surface area contributed by atoms with Crippen LogP contribution in [0, 0.1) is 13.8 Å². The fourth-order valence-electron chi connectivity index (χ4n) is 4.26. The lowest BCUT2D eigenvalue weighted by molar-refractivity contribution is 0.0514. The number of urea groups is 1. The highest BCUT2D eigenvalue weighted by Crippen LogP contribution is 2.26. The maximum atomic E-state index is 13.4. The number of ketones is 1. The Morgan fingerprint density at radius 3 is 2.27 bits per heavy atom. The Morgan fingerprint density at radius 1 is 1.13 bits per heavy atom. The van der Waals surface area contributed by atoms with Crippen molar-refractivity contribution in [2.24, 2.45) is 7.05 Å². The van der Waals surface area contributed by atoms with Crippen LogP contribution in [-0.2, 0) is 11.8 Å². The molecule has 0 atom stereocenters. The first kappa shape index (κ1) is 24.0. The average molecular weight is 420 g/mol. The smallest absolute Gasteiger partial charge is 0.355 e. The third kappa shape index (κ3) is 5.43. The minimum absolute atomic E-state index is 0.000534. The van der Waals surface area contributed by atoms with Gasteiger partial charge in [0.1, 0.15) is 5.69 Å². The standard InChI is InChI=1S/C23H37N3O4/c1-8-30-21(28)20-15(2)19(16(3)25(20)7)18(27)14-26(17-12-10-9-11-13-17)22(29)24-23(4,5)6/h17H,8-14H2,1-7H3,(H,24,29). The molecule has 1 fully saturated rings. The molecule has 1 aliphatic rings. The van der Waals surface area contributed by atoms with Gasteiger partial charge >= 0.3 is 12.0 Å². The van der Waals surface area contributed by atoms with Crippen molar-refractivity contribution in [3.8, 4) is 0 Å². The molecule has 168 valence electrons. The third-order valence-electron chi connectivity index (χ3n) is 5.75. The van der Waals surface area contributed by atoms with Crippen LogP contribution in [0.15, 0.2) is 0 Å². The zero-order chi connectivity index (χ0) is 22.6. The van der Waals surface area contributed by atoms with Gasteiger partial charge < -0.3 is 19.5 Å². The summed E-state index contributed by atoms with van der Waals surface area (Å²) in [5, 5.41) is 3.01. The summed E-state index contributed by atoms with van der Waals surface area (Å²) < 4.78 is 6.87. The Balaban J connectivity index is 2.34. The lowest BCUT2D eigenvalue weighted by Crippen LogP contribution is -2.53. The minimum atomic E-state index is -0.436. The molecule has 0 radical (unpaired) electrons. The van der Waals surface area contributed by atoms with E-state index in [1.165, 1.54) is 6.42 Å². The molecule has 2 rings (SSSR count). The van der Waals surface area contributed by atoms with Crippen molar-refractivity contribution in [2.45, 2.75) is 85.2 Å². The predicted octanol–water partition coefficient (Wildman–Crippen LogP) is 4.14. The molecule has 1 aliphatic carbocycles. The number of aromatic nitrogens is 1. The molecule has 1 N–H and O–H groups in total. The lowest BCUT2D eigenvalue weighted by atomic mass is 9.93. The number of rotatable bonds is 6. The van der Waals surface area contributed by atoms with Crippen molar-refractivity contribution in [2.75, 3.05) is 13.2 Å². The molecule has 0 aliphatic heterocycles. The van der Waals surface area contributed by atoms with Gasteiger partial charge in [0, 0.05) is 29.9 Å². The van der Waals surface area contributed by atoms with Crippen LogP contribution in [0.3, 0.4) is 0 Å². The van der Waals surface area contributed by atoms with Gasteiger partial charge in [-0.1, -0.05) is 19.3 Å². The summed E-state index contributed by atoms with van der Waals surface area (Å²) >= 11 is 0. The SMILES string of the molecule is CCOC(=O)c1c(C)c(C(=O)CN(C(=O)NC(C)(C)C)C2CCCCC2)c(C)n1C. The van der Waals surface area contributed by atoms with Crippen molar-refractivity contribution in [3.05, 3.63) is 22.5 Å². The van der Waals surface area contributed by atoms with Crippen LogP contribution in [0.5, 0.6) is 0 Å². The molecule has 30 heavy (non-hydrogen) atoms. The summed E-state index contributed by atoms with van der Waals surface area (Å²) in [5.74, 6) is -0.583. The second kappa shape index (κ2) is 9.67. The molecule has 0 saturated heterocycles. The van der Waals surface area contributed by atoms with Gasteiger partial charge in [-0.05, 0) is 59.9 Å². The van der Waals surface area contributed by atoms with Crippen LogP contribution in [-0.4, -0.2) is 52.0 Å². The largest absolute Gasteiger partial charge is 0.461 e. The molecular weight excluding hydrogens is 382 g/mol. The number of carbonyl (C=O) groups is 3. The molecule has 1 heterocycles. The maximum absolute atomic E-state index is 13.4. The van der Waals surface area contributed by atoms with E-state index in [4.69, 9.17) is 4.74 Å². The monoisotopic (exact) mass is 419 g/mol. The van der Waals surface area contributed by atoms with Gasteiger partial charge in [-0.25, -0.2) is 9.59 Å². The molecule has 7 nitrogen and oxygen atoms in total. The van der Waals surface area contributed by atoms with Gasteiger partial charge in [0.25, 0.3) is 0 Å². The van der Waals surface area contributed by atoms with E-state index in [2.05, 4.69) is 5.32 Å². The van der Waals surface area contributed by atoms with Crippen LogP contribution in [0.2, 0.25) is 0 Å². The number of ether oxygens (including phenoxy) is 1. The average Bonchev–Trinajstić information content (AvgIpc) is 2.88. The number of carbonyl (C=O) groups excluding carboxylic acids is 3. The van der Waals surface area contributed by atoms with Gasteiger partial charge in [0.15, 0.2) is 5.78 Å². The van der Waals surface area contributed by atoms with E-state index in [9.17, 15) is 14.4 Å². The number of amides is 2. The highest BCUT2D eigenvalue weighted by atomic mass is 16.5. The quantitative estimate of drug-likeness (QED) is 0.555. The van der Waals surface area contributed by atoms with E-state index in [1.807, 2.05) is 27.7 Å². The number of Topliss-reactive ketones (excluding diaryl/α,β-unsaturated/α-hetero) is 1.